The van der Waals surface area contributed by atoms with Gasteiger partial charge in [0.15, 0.2) is 0 Å². The monoisotopic (exact) mass is 280 g/mol. The van der Waals surface area contributed by atoms with Crippen LogP contribution in [0.5, 0.6) is 0 Å². The van der Waals surface area contributed by atoms with Crippen LogP contribution in [0, 0.1) is 11.3 Å². The maximum atomic E-state index is 3.77. The van der Waals surface area contributed by atoms with Crippen LogP contribution >= 0.6 is 0 Å². The first-order valence-corrected chi connectivity index (χ1v) is 8.99. The molecule has 1 N–H and O–H groups in total. The highest BCUT2D eigenvalue weighted by molar-refractivity contribution is 4.91. The fourth-order valence-electron chi connectivity index (χ4n) is 4.37. The fourth-order valence-corrected chi connectivity index (χ4v) is 4.37. The second-order valence-corrected chi connectivity index (χ2v) is 8.02. The van der Waals surface area contributed by atoms with Crippen molar-refractivity contribution in [2.75, 3.05) is 19.6 Å². The van der Waals surface area contributed by atoms with E-state index in [0.717, 1.165) is 24.5 Å². The molecule has 3 unspecified atom stereocenters. The molecule has 118 valence electrons. The standard InChI is InChI=1S/C18H36N2/c1-5-19-17-10-11-18(3,4)13-16(17)14-20-12-8-6-7-9-15(20)2/h15-17,19H,5-14H2,1-4H3. The molecule has 0 radical (unpaired) electrons. The summed E-state index contributed by atoms with van der Waals surface area (Å²) in [5.74, 6) is 0.847. The van der Waals surface area contributed by atoms with Gasteiger partial charge in [-0.3, -0.25) is 0 Å². The number of rotatable bonds is 4. The maximum absolute atomic E-state index is 3.77. The molecule has 3 atom stereocenters. The molecule has 2 aliphatic rings. The molecule has 0 amide bonds. The lowest BCUT2D eigenvalue weighted by Crippen LogP contribution is -2.49. The molecule has 1 aliphatic carbocycles. The number of hydrogen-bond donors (Lipinski definition) is 1. The average molecular weight is 280 g/mol. The molecule has 0 aromatic rings. The Morgan fingerprint density at radius 3 is 2.70 bits per heavy atom. The molecule has 0 aromatic carbocycles. The zero-order chi connectivity index (χ0) is 14.6. The van der Waals surface area contributed by atoms with E-state index in [9.17, 15) is 0 Å². The fraction of sp³-hybridized carbons (Fsp3) is 1.00. The largest absolute Gasteiger partial charge is 0.314 e. The molecule has 1 heterocycles. The van der Waals surface area contributed by atoms with Crippen molar-refractivity contribution in [3.05, 3.63) is 0 Å². The summed E-state index contributed by atoms with van der Waals surface area (Å²) < 4.78 is 0. The highest BCUT2D eigenvalue weighted by Crippen LogP contribution is 2.39. The molecule has 2 rings (SSSR count). The van der Waals surface area contributed by atoms with Gasteiger partial charge in [0, 0.05) is 18.6 Å². The molecular formula is C18H36N2. The molecule has 2 heteroatoms. The van der Waals surface area contributed by atoms with E-state index in [-0.39, 0.29) is 0 Å². The minimum Gasteiger partial charge on any atom is -0.314 e. The van der Waals surface area contributed by atoms with Crippen molar-refractivity contribution < 1.29 is 0 Å². The zero-order valence-corrected chi connectivity index (χ0v) is 14.3. The van der Waals surface area contributed by atoms with E-state index in [2.05, 4.69) is 37.9 Å². The molecule has 0 aromatic heterocycles. The zero-order valence-electron chi connectivity index (χ0n) is 14.3. The van der Waals surface area contributed by atoms with Gasteiger partial charge in [-0.2, -0.15) is 0 Å². The Hall–Kier alpha value is -0.0800. The van der Waals surface area contributed by atoms with Gasteiger partial charge in [0.05, 0.1) is 0 Å². The normalized spacial score (nSPS) is 35.7. The van der Waals surface area contributed by atoms with E-state index < -0.39 is 0 Å². The van der Waals surface area contributed by atoms with Crippen LogP contribution in [0.15, 0.2) is 0 Å². The third-order valence-electron chi connectivity index (χ3n) is 5.64. The van der Waals surface area contributed by atoms with E-state index in [1.807, 2.05) is 0 Å². The van der Waals surface area contributed by atoms with Crippen molar-refractivity contribution in [1.29, 1.82) is 0 Å². The molecule has 0 spiro atoms. The number of nitrogens with one attached hydrogen (secondary N) is 1. The molecule has 0 bridgehead atoms. The van der Waals surface area contributed by atoms with Crippen molar-refractivity contribution in [2.24, 2.45) is 11.3 Å². The summed E-state index contributed by atoms with van der Waals surface area (Å²) in [5, 5.41) is 3.77. The highest BCUT2D eigenvalue weighted by atomic mass is 15.2. The first-order valence-electron chi connectivity index (χ1n) is 8.99. The average Bonchev–Trinajstić information content (AvgIpc) is 2.58. The smallest absolute Gasteiger partial charge is 0.0108 e. The Morgan fingerprint density at radius 2 is 1.95 bits per heavy atom. The van der Waals surface area contributed by atoms with Crippen molar-refractivity contribution >= 4 is 0 Å². The quantitative estimate of drug-likeness (QED) is 0.835. The number of likely N-dealkylation sites (tertiary alicyclic amines) is 1. The number of hydrogen-bond acceptors (Lipinski definition) is 2. The third kappa shape index (κ3) is 4.46. The molecule has 20 heavy (non-hydrogen) atoms. The van der Waals surface area contributed by atoms with Gasteiger partial charge in [-0.25, -0.2) is 0 Å². The molecule has 2 nitrogen and oxygen atoms in total. The van der Waals surface area contributed by atoms with E-state index in [4.69, 9.17) is 0 Å². The Kier molecular flexibility index (Phi) is 5.92. The van der Waals surface area contributed by atoms with E-state index >= 15 is 0 Å². The Labute approximate surface area is 126 Å². The van der Waals surface area contributed by atoms with Crippen LogP contribution < -0.4 is 5.32 Å². The minimum atomic E-state index is 0.547. The van der Waals surface area contributed by atoms with Crippen LogP contribution in [-0.4, -0.2) is 36.6 Å². The topological polar surface area (TPSA) is 15.3 Å². The maximum Gasteiger partial charge on any atom is 0.0108 e. The van der Waals surface area contributed by atoms with Crippen molar-refractivity contribution in [3.63, 3.8) is 0 Å². The minimum absolute atomic E-state index is 0.547. The van der Waals surface area contributed by atoms with E-state index in [1.165, 1.54) is 58.0 Å². The van der Waals surface area contributed by atoms with Crippen LogP contribution in [0.2, 0.25) is 0 Å². The molecule has 2 fully saturated rings. The van der Waals surface area contributed by atoms with Crippen LogP contribution in [0.4, 0.5) is 0 Å². The van der Waals surface area contributed by atoms with Gasteiger partial charge < -0.3 is 10.2 Å². The summed E-state index contributed by atoms with van der Waals surface area (Å²) in [6.45, 7) is 13.4. The summed E-state index contributed by atoms with van der Waals surface area (Å²) in [6.07, 6.45) is 9.84. The molecule has 1 aliphatic heterocycles. The Morgan fingerprint density at radius 1 is 1.15 bits per heavy atom. The van der Waals surface area contributed by atoms with Gasteiger partial charge in [0.1, 0.15) is 0 Å². The van der Waals surface area contributed by atoms with Gasteiger partial charge >= 0.3 is 0 Å². The predicted octanol–water partition coefficient (Wildman–Crippen LogP) is 4.06. The Bertz CT molecular complexity index is 287. The summed E-state index contributed by atoms with van der Waals surface area (Å²) >= 11 is 0. The van der Waals surface area contributed by atoms with Gasteiger partial charge in [-0.15, -0.1) is 0 Å². The highest BCUT2D eigenvalue weighted by Gasteiger charge is 2.35. The number of nitrogens with zero attached hydrogens (tertiary/aromatic N) is 1. The summed E-state index contributed by atoms with van der Waals surface area (Å²) in [4.78, 5) is 2.80. The molecular weight excluding hydrogens is 244 g/mol. The second-order valence-electron chi connectivity index (χ2n) is 8.02. The molecule has 1 saturated carbocycles. The summed E-state index contributed by atoms with van der Waals surface area (Å²) in [7, 11) is 0. The van der Waals surface area contributed by atoms with E-state index in [0.29, 0.717) is 5.41 Å². The van der Waals surface area contributed by atoms with Crippen molar-refractivity contribution in [2.45, 2.75) is 84.7 Å². The summed E-state index contributed by atoms with van der Waals surface area (Å²) in [6, 6.07) is 1.55. The predicted molar refractivity (Wildman–Crippen MR) is 88.1 cm³/mol. The van der Waals surface area contributed by atoms with Crippen LogP contribution in [-0.2, 0) is 0 Å². The third-order valence-corrected chi connectivity index (χ3v) is 5.64. The van der Waals surface area contributed by atoms with Gasteiger partial charge in [-0.05, 0) is 63.5 Å². The van der Waals surface area contributed by atoms with Crippen LogP contribution in [0.3, 0.4) is 0 Å². The van der Waals surface area contributed by atoms with E-state index in [1.54, 1.807) is 0 Å². The Balaban J connectivity index is 1.98. The SMILES string of the molecule is CCNC1CCC(C)(C)CC1CN1CCCCCC1C. The first kappa shape index (κ1) is 16.3. The summed E-state index contributed by atoms with van der Waals surface area (Å²) in [5.41, 5.74) is 0.547. The first-order chi connectivity index (χ1) is 9.52. The van der Waals surface area contributed by atoms with Gasteiger partial charge in [-0.1, -0.05) is 33.6 Å². The van der Waals surface area contributed by atoms with Crippen LogP contribution in [0.1, 0.15) is 72.6 Å². The lowest BCUT2D eigenvalue weighted by atomic mass is 9.69. The van der Waals surface area contributed by atoms with Gasteiger partial charge in [0.2, 0.25) is 0 Å². The lowest BCUT2D eigenvalue weighted by Gasteiger charge is -2.44. The van der Waals surface area contributed by atoms with Crippen molar-refractivity contribution in [1.82, 2.24) is 10.2 Å². The van der Waals surface area contributed by atoms with Gasteiger partial charge in [0.25, 0.3) is 0 Å². The van der Waals surface area contributed by atoms with Crippen molar-refractivity contribution in [3.8, 4) is 0 Å². The van der Waals surface area contributed by atoms with Crippen LogP contribution in [0.25, 0.3) is 0 Å². The molecule has 1 saturated heterocycles. The second kappa shape index (κ2) is 7.26. The lowest BCUT2D eigenvalue weighted by molar-refractivity contribution is 0.0862.